The van der Waals surface area contributed by atoms with Crippen LogP contribution in [0.25, 0.3) is 11.1 Å². The number of carbonyl (C=O) groups excluding carboxylic acids is 2. The predicted molar refractivity (Wildman–Crippen MR) is 134 cm³/mol. The van der Waals surface area contributed by atoms with E-state index in [1.807, 2.05) is 24.3 Å². The number of amides is 2. The monoisotopic (exact) mass is 472 g/mol. The predicted octanol–water partition coefficient (Wildman–Crippen LogP) is 5.20. The van der Waals surface area contributed by atoms with Crippen LogP contribution in [0.5, 0.6) is 0 Å². The Bertz CT molecular complexity index is 1220. The molecule has 0 fully saturated rings. The number of alkyl carbamates (subject to hydrolysis) is 1. The van der Waals surface area contributed by atoms with Crippen molar-refractivity contribution in [1.29, 1.82) is 0 Å². The van der Waals surface area contributed by atoms with E-state index in [2.05, 4.69) is 34.9 Å². The van der Waals surface area contributed by atoms with Crippen LogP contribution < -0.4 is 10.6 Å². The highest BCUT2D eigenvalue weighted by molar-refractivity contribution is 5.96. The van der Waals surface area contributed by atoms with Crippen molar-refractivity contribution in [3.8, 4) is 11.1 Å². The molecular formula is C28H28N2O5. The average molecular weight is 473 g/mol. The number of rotatable bonds is 8. The molecule has 0 heterocycles. The number of nitrogens with one attached hydrogen (secondary N) is 2. The molecule has 0 saturated carbocycles. The fourth-order valence-corrected chi connectivity index (χ4v) is 4.43. The Kier molecular flexibility index (Phi) is 7.15. The summed E-state index contributed by atoms with van der Waals surface area (Å²) in [5.74, 6) is -1.69. The number of ether oxygens (including phenoxy) is 1. The van der Waals surface area contributed by atoms with E-state index in [1.54, 1.807) is 26.0 Å². The molecule has 4 rings (SSSR count). The summed E-state index contributed by atoms with van der Waals surface area (Å²) in [4.78, 5) is 36.2. The van der Waals surface area contributed by atoms with E-state index in [0.29, 0.717) is 17.7 Å². The number of carboxylic acid groups (broad SMARTS) is 1. The SMILES string of the molecule is Cc1c(NC(=O)C(C)CCNC(=O)OCC2c3ccccc3-c3ccccc32)cccc1C(=O)O. The third kappa shape index (κ3) is 5.19. The maximum absolute atomic E-state index is 12.6. The number of fused-ring (bicyclic) bond motifs is 3. The number of carboxylic acids is 1. The van der Waals surface area contributed by atoms with Crippen molar-refractivity contribution in [3.05, 3.63) is 89.0 Å². The molecule has 0 radical (unpaired) electrons. The van der Waals surface area contributed by atoms with Crippen LogP contribution in [0.3, 0.4) is 0 Å². The van der Waals surface area contributed by atoms with Crippen LogP contribution >= 0.6 is 0 Å². The van der Waals surface area contributed by atoms with Crippen LogP contribution in [0.4, 0.5) is 10.5 Å². The van der Waals surface area contributed by atoms with E-state index in [0.717, 1.165) is 11.1 Å². The minimum absolute atomic E-state index is 0.0114. The van der Waals surface area contributed by atoms with Crippen molar-refractivity contribution in [2.45, 2.75) is 26.2 Å². The van der Waals surface area contributed by atoms with Crippen LogP contribution in [0.2, 0.25) is 0 Å². The van der Waals surface area contributed by atoms with Crippen LogP contribution in [0.15, 0.2) is 66.7 Å². The lowest BCUT2D eigenvalue weighted by Gasteiger charge is -2.16. The Morgan fingerprint density at radius 1 is 0.943 bits per heavy atom. The number of hydrogen-bond acceptors (Lipinski definition) is 4. The molecular weight excluding hydrogens is 444 g/mol. The molecule has 1 atom stereocenters. The minimum atomic E-state index is -1.04. The number of anilines is 1. The third-order valence-corrected chi connectivity index (χ3v) is 6.46. The van der Waals surface area contributed by atoms with Gasteiger partial charge in [-0.25, -0.2) is 9.59 Å². The van der Waals surface area contributed by atoms with Crippen molar-refractivity contribution < 1.29 is 24.2 Å². The molecule has 1 aliphatic rings. The molecule has 35 heavy (non-hydrogen) atoms. The lowest BCUT2D eigenvalue weighted by atomic mass is 9.98. The highest BCUT2D eigenvalue weighted by Crippen LogP contribution is 2.44. The Hall–Kier alpha value is -4.13. The molecule has 1 unspecified atom stereocenters. The highest BCUT2D eigenvalue weighted by atomic mass is 16.5. The zero-order chi connectivity index (χ0) is 24.9. The maximum atomic E-state index is 12.6. The van der Waals surface area contributed by atoms with Gasteiger partial charge < -0.3 is 20.5 Å². The van der Waals surface area contributed by atoms with Crippen LogP contribution in [-0.4, -0.2) is 36.2 Å². The normalized spacial score (nSPS) is 12.9. The molecule has 3 aromatic carbocycles. The van der Waals surface area contributed by atoms with Gasteiger partial charge in [-0.05, 0) is 53.3 Å². The van der Waals surface area contributed by atoms with Gasteiger partial charge in [0, 0.05) is 24.1 Å². The fraction of sp³-hybridized carbons (Fsp3) is 0.250. The molecule has 0 spiro atoms. The van der Waals surface area contributed by atoms with Crippen molar-refractivity contribution in [2.24, 2.45) is 5.92 Å². The van der Waals surface area contributed by atoms with Gasteiger partial charge >= 0.3 is 12.1 Å². The first kappa shape index (κ1) is 24.0. The molecule has 3 aromatic rings. The maximum Gasteiger partial charge on any atom is 0.407 e. The molecule has 0 aromatic heterocycles. The Balaban J connectivity index is 1.26. The smallest absolute Gasteiger partial charge is 0.407 e. The van der Waals surface area contributed by atoms with Gasteiger partial charge in [0.2, 0.25) is 5.91 Å². The van der Waals surface area contributed by atoms with Gasteiger partial charge in [-0.2, -0.15) is 0 Å². The summed E-state index contributed by atoms with van der Waals surface area (Å²) in [5.41, 5.74) is 5.74. The summed E-state index contributed by atoms with van der Waals surface area (Å²) >= 11 is 0. The highest BCUT2D eigenvalue weighted by Gasteiger charge is 2.29. The van der Waals surface area contributed by atoms with Gasteiger partial charge in [-0.15, -0.1) is 0 Å². The number of aromatic carboxylic acids is 1. The van der Waals surface area contributed by atoms with E-state index < -0.39 is 18.0 Å². The molecule has 3 N–H and O–H groups in total. The molecule has 180 valence electrons. The molecule has 7 nitrogen and oxygen atoms in total. The van der Waals surface area contributed by atoms with Gasteiger partial charge in [0.15, 0.2) is 0 Å². The standard InChI is InChI=1S/C28H28N2O5/c1-17(26(31)30-25-13-7-12-19(18(25)2)27(32)33)14-15-29-28(34)35-16-24-22-10-5-3-8-20(22)21-9-4-6-11-23(21)24/h3-13,17,24H,14-16H2,1-2H3,(H,29,34)(H,30,31)(H,32,33). The number of carbonyl (C=O) groups is 3. The summed E-state index contributed by atoms with van der Waals surface area (Å²) in [5, 5.41) is 14.7. The van der Waals surface area contributed by atoms with E-state index in [9.17, 15) is 19.5 Å². The molecule has 1 aliphatic carbocycles. The first-order chi connectivity index (χ1) is 16.9. The summed E-state index contributed by atoms with van der Waals surface area (Å²) in [6.07, 6.45) is -0.113. The zero-order valence-electron chi connectivity index (χ0n) is 19.7. The second-order valence-electron chi connectivity index (χ2n) is 8.71. The number of hydrogen-bond donors (Lipinski definition) is 3. The van der Waals surface area contributed by atoms with Crippen LogP contribution in [-0.2, 0) is 9.53 Å². The van der Waals surface area contributed by atoms with Crippen molar-refractivity contribution in [1.82, 2.24) is 5.32 Å². The average Bonchev–Trinajstić information content (AvgIpc) is 3.17. The van der Waals surface area contributed by atoms with Crippen LogP contribution in [0, 0.1) is 12.8 Å². The number of benzene rings is 3. The summed E-state index contributed by atoms with van der Waals surface area (Å²) in [6.45, 7) is 3.92. The van der Waals surface area contributed by atoms with Gasteiger partial charge in [0.1, 0.15) is 6.61 Å². The second-order valence-corrected chi connectivity index (χ2v) is 8.71. The van der Waals surface area contributed by atoms with Crippen molar-refractivity contribution >= 4 is 23.7 Å². The molecule has 7 heteroatoms. The fourth-order valence-electron chi connectivity index (χ4n) is 4.43. The van der Waals surface area contributed by atoms with Crippen LogP contribution in [0.1, 0.15) is 46.3 Å². The third-order valence-electron chi connectivity index (χ3n) is 6.46. The molecule has 0 aliphatic heterocycles. The summed E-state index contributed by atoms with van der Waals surface area (Å²) in [7, 11) is 0. The van der Waals surface area contributed by atoms with Crippen molar-refractivity contribution in [2.75, 3.05) is 18.5 Å². The van der Waals surface area contributed by atoms with Gasteiger partial charge in [-0.1, -0.05) is 61.5 Å². The largest absolute Gasteiger partial charge is 0.478 e. The summed E-state index contributed by atoms with van der Waals surface area (Å²) in [6, 6.07) is 21.0. The van der Waals surface area contributed by atoms with E-state index in [1.165, 1.54) is 17.2 Å². The molecule has 0 saturated heterocycles. The topological polar surface area (TPSA) is 105 Å². The first-order valence-corrected chi connectivity index (χ1v) is 11.6. The zero-order valence-corrected chi connectivity index (χ0v) is 19.7. The van der Waals surface area contributed by atoms with E-state index >= 15 is 0 Å². The minimum Gasteiger partial charge on any atom is -0.478 e. The van der Waals surface area contributed by atoms with Crippen molar-refractivity contribution in [3.63, 3.8) is 0 Å². The van der Waals surface area contributed by atoms with Gasteiger partial charge in [0.05, 0.1) is 5.56 Å². The Morgan fingerprint density at radius 3 is 2.20 bits per heavy atom. The van der Waals surface area contributed by atoms with Gasteiger partial charge in [-0.3, -0.25) is 4.79 Å². The lowest BCUT2D eigenvalue weighted by molar-refractivity contribution is -0.119. The van der Waals surface area contributed by atoms with Gasteiger partial charge in [0.25, 0.3) is 0 Å². The second kappa shape index (κ2) is 10.4. The molecule has 0 bridgehead atoms. The quantitative estimate of drug-likeness (QED) is 0.418. The van der Waals surface area contributed by atoms with E-state index in [4.69, 9.17) is 4.74 Å². The van der Waals surface area contributed by atoms with E-state index in [-0.39, 0.29) is 30.5 Å². The molecule has 2 amide bonds. The Labute approximate surface area is 204 Å². The lowest BCUT2D eigenvalue weighted by Crippen LogP contribution is -2.30. The first-order valence-electron chi connectivity index (χ1n) is 11.6. The summed E-state index contributed by atoms with van der Waals surface area (Å²) < 4.78 is 5.52. The Morgan fingerprint density at radius 2 is 1.57 bits per heavy atom.